The Balaban J connectivity index is 2.15. The van der Waals surface area contributed by atoms with E-state index in [1.54, 1.807) is 0 Å². The Morgan fingerprint density at radius 1 is 1.35 bits per heavy atom. The van der Waals surface area contributed by atoms with Gasteiger partial charge in [0.05, 0.1) is 0 Å². The summed E-state index contributed by atoms with van der Waals surface area (Å²) in [6, 6.07) is 7.66. The highest BCUT2D eigenvalue weighted by molar-refractivity contribution is 5.93. The summed E-state index contributed by atoms with van der Waals surface area (Å²) >= 11 is 0. The average molecular weight is 228 g/mol. The lowest BCUT2D eigenvalue weighted by Crippen LogP contribution is -2.19. The largest absolute Gasteiger partial charge is 0.423 e. The van der Waals surface area contributed by atoms with E-state index >= 15 is 0 Å². The number of carbonyl (C=O) groups is 1. The first-order valence-electron chi connectivity index (χ1n) is 5.97. The molecule has 88 valence electrons. The van der Waals surface area contributed by atoms with Crippen LogP contribution < -0.4 is 4.74 Å². The molecule has 0 aliphatic carbocycles. The molecule has 0 radical (unpaired) electrons. The Hall–Kier alpha value is -1.83. The number of esters is 1. The zero-order valence-corrected chi connectivity index (χ0v) is 9.98. The summed E-state index contributed by atoms with van der Waals surface area (Å²) < 4.78 is 5.26. The molecule has 0 saturated carbocycles. The van der Waals surface area contributed by atoms with Crippen LogP contribution in [0.25, 0.3) is 0 Å². The molecule has 0 unspecified atom stereocenters. The summed E-state index contributed by atoms with van der Waals surface area (Å²) in [5.41, 5.74) is 1.79. The number of para-hydroxylation sites is 1. The van der Waals surface area contributed by atoms with Gasteiger partial charge >= 0.3 is 5.97 Å². The maximum Gasteiger partial charge on any atom is 0.339 e. The van der Waals surface area contributed by atoms with Gasteiger partial charge in [-0.15, -0.1) is 0 Å². The molecule has 0 spiro atoms. The molecule has 17 heavy (non-hydrogen) atoms. The van der Waals surface area contributed by atoms with E-state index in [0.29, 0.717) is 12.2 Å². The van der Waals surface area contributed by atoms with Gasteiger partial charge in [0.25, 0.3) is 0 Å². The van der Waals surface area contributed by atoms with Crippen molar-refractivity contribution in [2.24, 2.45) is 0 Å². The van der Waals surface area contributed by atoms with Crippen LogP contribution in [-0.4, -0.2) is 5.97 Å². The van der Waals surface area contributed by atoms with E-state index < -0.39 is 0 Å². The smallest absolute Gasteiger partial charge is 0.339 e. The summed E-state index contributed by atoms with van der Waals surface area (Å²) in [5, 5.41) is 0. The minimum atomic E-state index is -0.232. The fourth-order valence-corrected chi connectivity index (χ4v) is 1.77. The first-order valence-corrected chi connectivity index (χ1v) is 5.97. The summed E-state index contributed by atoms with van der Waals surface area (Å²) in [5.74, 6) is 0.456. The third kappa shape index (κ3) is 2.84. The number of ether oxygens (including phenoxy) is 1. The highest BCUT2D eigenvalue weighted by Gasteiger charge is 2.20. The van der Waals surface area contributed by atoms with Gasteiger partial charge in [0, 0.05) is 12.0 Å². The van der Waals surface area contributed by atoms with Crippen LogP contribution in [-0.2, 0) is 11.2 Å². The Morgan fingerprint density at radius 3 is 3.00 bits per heavy atom. The van der Waals surface area contributed by atoms with Crippen molar-refractivity contribution >= 4 is 5.97 Å². The van der Waals surface area contributed by atoms with Crippen LogP contribution in [0.5, 0.6) is 5.75 Å². The lowest BCUT2D eigenvalue weighted by Gasteiger charge is -2.17. The van der Waals surface area contributed by atoms with E-state index in [1.165, 1.54) is 0 Å². The van der Waals surface area contributed by atoms with Crippen molar-refractivity contribution in [1.29, 1.82) is 0 Å². The number of hydrogen-bond acceptors (Lipinski definition) is 2. The van der Waals surface area contributed by atoms with Crippen molar-refractivity contribution in [2.75, 3.05) is 0 Å². The third-order valence-electron chi connectivity index (χ3n) is 2.71. The van der Waals surface area contributed by atoms with Gasteiger partial charge in [0.1, 0.15) is 5.75 Å². The summed E-state index contributed by atoms with van der Waals surface area (Å²) in [7, 11) is 0. The van der Waals surface area contributed by atoms with Gasteiger partial charge in [-0.05, 0) is 18.1 Å². The molecule has 1 aromatic carbocycles. The van der Waals surface area contributed by atoms with Crippen LogP contribution in [0, 0.1) is 0 Å². The number of rotatable bonds is 3. The molecule has 1 aliphatic rings. The molecule has 0 N–H and O–H groups in total. The molecule has 2 heteroatoms. The molecular weight excluding hydrogens is 212 g/mol. The van der Waals surface area contributed by atoms with Crippen molar-refractivity contribution in [2.45, 2.75) is 26.2 Å². The fourth-order valence-electron chi connectivity index (χ4n) is 1.77. The molecule has 0 bridgehead atoms. The first kappa shape index (κ1) is 11.6. The SMILES string of the molecule is CCC/C=C/C=C1/Cc2ccccc2OC1=O. The Kier molecular flexibility index (Phi) is 3.76. The molecule has 1 aliphatic heterocycles. The molecule has 2 rings (SSSR count). The predicted octanol–water partition coefficient (Wildman–Crippen LogP) is 3.43. The zero-order chi connectivity index (χ0) is 12.1. The first-order chi connectivity index (χ1) is 8.31. The second kappa shape index (κ2) is 5.48. The molecule has 0 atom stereocenters. The highest BCUT2D eigenvalue weighted by Crippen LogP contribution is 2.27. The van der Waals surface area contributed by atoms with Crippen molar-refractivity contribution in [3.63, 3.8) is 0 Å². The van der Waals surface area contributed by atoms with Crippen LogP contribution in [0.1, 0.15) is 25.3 Å². The van der Waals surface area contributed by atoms with Crippen LogP contribution in [0.15, 0.2) is 48.1 Å². The van der Waals surface area contributed by atoms with Crippen LogP contribution in [0.3, 0.4) is 0 Å². The molecule has 1 heterocycles. The third-order valence-corrected chi connectivity index (χ3v) is 2.71. The van der Waals surface area contributed by atoms with Crippen LogP contribution in [0.2, 0.25) is 0 Å². The Labute approximate surface area is 102 Å². The molecule has 0 aromatic heterocycles. The van der Waals surface area contributed by atoms with E-state index in [9.17, 15) is 4.79 Å². The van der Waals surface area contributed by atoms with Gasteiger partial charge < -0.3 is 4.74 Å². The monoisotopic (exact) mass is 228 g/mol. The number of benzene rings is 1. The average Bonchev–Trinajstić information content (AvgIpc) is 2.35. The van der Waals surface area contributed by atoms with Gasteiger partial charge in [0.2, 0.25) is 0 Å². The van der Waals surface area contributed by atoms with E-state index in [2.05, 4.69) is 13.0 Å². The molecule has 0 saturated heterocycles. The number of unbranched alkanes of at least 4 members (excludes halogenated alkanes) is 1. The predicted molar refractivity (Wildman–Crippen MR) is 67.9 cm³/mol. The number of fused-ring (bicyclic) bond motifs is 1. The summed E-state index contributed by atoms with van der Waals surface area (Å²) in [6.07, 6.45) is 8.68. The van der Waals surface area contributed by atoms with Crippen molar-refractivity contribution in [3.05, 3.63) is 53.6 Å². The van der Waals surface area contributed by atoms with E-state index in [0.717, 1.165) is 24.0 Å². The van der Waals surface area contributed by atoms with E-state index in [4.69, 9.17) is 4.74 Å². The molecule has 1 aromatic rings. The molecule has 0 fully saturated rings. The highest BCUT2D eigenvalue weighted by atomic mass is 16.5. The van der Waals surface area contributed by atoms with Gasteiger partial charge in [0.15, 0.2) is 0 Å². The molecular formula is C15H16O2. The second-order valence-electron chi connectivity index (χ2n) is 4.08. The molecule has 2 nitrogen and oxygen atoms in total. The zero-order valence-electron chi connectivity index (χ0n) is 9.98. The van der Waals surface area contributed by atoms with Gasteiger partial charge in [-0.1, -0.05) is 49.8 Å². The normalized spacial score (nSPS) is 17.2. The standard InChI is InChI=1S/C15H16O2/c1-2-3-4-5-9-13-11-12-8-6-7-10-14(12)17-15(13)16/h4-10H,2-3,11H2,1H3/b5-4+,13-9-. The minimum absolute atomic E-state index is 0.232. The lowest BCUT2D eigenvalue weighted by atomic mass is 10.0. The van der Waals surface area contributed by atoms with Gasteiger partial charge in [-0.25, -0.2) is 4.79 Å². The van der Waals surface area contributed by atoms with Crippen molar-refractivity contribution in [3.8, 4) is 5.75 Å². The lowest BCUT2D eigenvalue weighted by molar-refractivity contribution is -0.130. The van der Waals surface area contributed by atoms with Crippen molar-refractivity contribution < 1.29 is 9.53 Å². The minimum Gasteiger partial charge on any atom is -0.423 e. The Bertz CT molecular complexity index is 470. The van der Waals surface area contributed by atoms with Crippen LogP contribution >= 0.6 is 0 Å². The number of allylic oxidation sites excluding steroid dienone is 3. The summed E-state index contributed by atoms with van der Waals surface area (Å²) in [4.78, 5) is 11.7. The summed E-state index contributed by atoms with van der Waals surface area (Å²) in [6.45, 7) is 2.13. The van der Waals surface area contributed by atoms with E-state index in [-0.39, 0.29) is 5.97 Å². The quantitative estimate of drug-likeness (QED) is 0.450. The number of hydrogen-bond donors (Lipinski definition) is 0. The van der Waals surface area contributed by atoms with Gasteiger partial charge in [-0.3, -0.25) is 0 Å². The molecule has 0 amide bonds. The maximum absolute atomic E-state index is 11.7. The second-order valence-corrected chi connectivity index (χ2v) is 4.08. The number of carbonyl (C=O) groups excluding carboxylic acids is 1. The maximum atomic E-state index is 11.7. The van der Waals surface area contributed by atoms with E-state index in [1.807, 2.05) is 36.4 Å². The van der Waals surface area contributed by atoms with Crippen molar-refractivity contribution in [1.82, 2.24) is 0 Å². The van der Waals surface area contributed by atoms with Crippen LogP contribution in [0.4, 0.5) is 0 Å². The fraction of sp³-hybridized carbons (Fsp3) is 0.267. The Morgan fingerprint density at radius 2 is 2.18 bits per heavy atom. The van der Waals surface area contributed by atoms with Gasteiger partial charge in [-0.2, -0.15) is 0 Å². The topological polar surface area (TPSA) is 26.3 Å².